The van der Waals surface area contributed by atoms with E-state index in [0.29, 0.717) is 17.6 Å². The van der Waals surface area contributed by atoms with Crippen LogP contribution >= 0.6 is 15.9 Å². The summed E-state index contributed by atoms with van der Waals surface area (Å²) >= 11 is 3.23. The molecular weight excluding hydrogens is 279 g/mol. The van der Waals surface area contributed by atoms with Crippen LogP contribution in [-0.4, -0.2) is 17.2 Å². The fourth-order valence-corrected chi connectivity index (χ4v) is 1.44. The summed E-state index contributed by atoms with van der Waals surface area (Å²) in [6.07, 6.45) is 0.599. The van der Waals surface area contributed by atoms with Gasteiger partial charge in [0.1, 0.15) is 5.75 Å². The molecule has 0 saturated carbocycles. The van der Waals surface area contributed by atoms with E-state index < -0.39 is 12.1 Å². The number of aliphatic carboxylic acids is 1. The number of benzene rings is 1. The highest BCUT2D eigenvalue weighted by atomic mass is 79.9. The highest BCUT2D eigenvalue weighted by molar-refractivity contribution is 9.10. The first-order valence-electron chi connectivity index (χ1n) is 4.50. The number of hydrogen-bond donors (Lipinski definition) is 1. The Morgan fingerprint density at radius 3 is 2.88 bits per heavy atom. The van der Waals surface area contributed by atoms with Crippen molar-refractivity contribution >= 4 is 28.0 Å². The molecule has 0 radical (unpaired) electrons. The predicted molar refractivity (Wildman–Crippen MR) is 62.0 cm³/mol. The summed E-state index contributed by atoms with van der Waals surface area (Å²) < 4.78 is 18.1. The van der Waals surface area contributed by atoms with Crippen molar-refractivity contribution in [2.75, 3.05) is 0 Å². The number of carboxylic acid groups (broad SMARTS) is 1. The fraction of sp³-hybridized carbons (Fsp3) is 0.182. The summed E-state index contributed by atoms with van der Waals surface area (Å²) in [5.74, 6) is -0.745. The summed E-state index contributed by atoms with van der Waals surface area (Å²) in [5, 5.41) is 8.69. The van der Waals surface area contributed by atoms with E-state index in [1.807, 2.05) is 0 Å². The van der Waals surface area contributed by atoms with Crippen molar-refractivity contribution in [1.29, 1.82) is 0 Å². The Bertz CT molecular complexity index is 418. The van der Waals surface area contributed by atoms with Crippen molar-refractivity contribution in [3.63, 3.8) is 0 Å². The van der Waals surface area contributed by atoms with Gasteiger partial charge in [-0.25, -0.2) is 9.18 Å². The van der Waals surface area contributed by atoms with E-state index in [4.69, 9.17) is 9.84 Å². The molecule has 0 fully saturated rings. The van der Waals surface area contributed by atoms with Crippen molar-refractivity contribution < 1.29 is 19.0 Å². The molecule has 0 heterocycles. The minimum atomic E-state index is -1.07. The second-order valence-corrected chi connectivity index (χ2v) is 3.99. The summed E-state index contributed by atoms with van der Waals surface area (Å²) in [4.78, 5) is 10.6. The number of carboxylic acids is 1. The van der Waals surface area contributed by atoms with Crippen molar-refractivity contribution in [3.8, 4) is 5.75 Å². The van der Waals surface area contributed by atoms with E-state index >= 15 is 0 Å². The second-order valence-electron chi connectivity index (χ2n) is 3.07. The topological polar surface area (TPSA) is 46.5 Å². The average Bonchev–Trinajstić information content (AvgIpc) is 2.22. The number of ether oxygens (including phenoxy) is 1. The molecule has 1 aromatic rings. The quantitative estimate of drug-likeness (QED) is 0.925. The van der Waals surface area contributed by atoms with E-state index in [-0.39, 0.29) is 0 Å². The Balaban J connectivity index is 2.99. The Labute approximate surface area is 101 Å². The van der Waals surface area contributed by atoms with E-state index in [2.05, 4.69) is 15.9 Å². The lowest BCUT2D eigenvalue weighted by atomic mass is 10.2. The van der Waals surface area contributed by atoms with Crippen molar-refractivity contribution in [1.82, 2.24) is 0 Å². The molecule has 0 aliphatic heterocycles. The number of rotatable bonds is 4. The summed E-state index contributed by atoms with van der Waals surface area (Å²) in [6, 6.07) is 4.91. The molecule has 1 aromatic carbocycles. The van der Waals surface area contributed by atoms with Gasteiger partial charge >= 0.3 is 5.97 Å². The van der Waals surface area contributed by atoms with Crippen LogP contribution in [0.2, 0.25) is 0 Å². The molecule has 3 nitrogen and oxygen atoms in total. The first-order chi connectivity index (χ1) is 7.54. The summed E-state index contributed by atoms with van der Waals surface area (Å²) in [7, 11) is 0. The summed E-state index contributed by atoms with van der Waals surface area (Å²) in [5.41, 5.74) is 0.477. The van der Waals surface area contributed by atoms with Gasteiger partial charge in [0.05, 0.1) is 6.33 Å². The smallest absolute Gasteiger partial charge is 0.344 e. The molecule has 86 valence electrons. The molecule has 0 aliphatic carbocycles. The molecule has 5 heteroatoms. The Morgan fingerprint density at radius 1 is 1.62 bits per heavy atom. The van der Waals surface area contributed by atoms with Crippen LogP contribution in [0.4, 0.5) is 4.39 Å². The van der Waals surface area contributed by atoms with Gasteiger partial charge < -0.3 is 9.84 Å². The van der Waals surface area contributed by atoms with Gasteiger partial charge in [0.2, 0.25) is 0 Å². The highest BCUT2D eigenvalue weighted by Crippen LogP contribution is 2.25. The van der Waals surface area contributed by atoms with E-state index in [0.717, 1.165) is 4.47 Å². The molecule has 1 atom stereocenters. The van der Waals surface area contributed by atoms with Crippen LogP contribution in [0.3, 0.4) is 0 Å². The molecule has 1 N–H and O–H groups in total. The van der Waals surface area contributed by atoms with Crippen LogP contribution in [-0.2, 0) is 4.79 Å². The van der Waals surface area contributed by atoms with Crippen molar-refractivity contribution in [2.24, 2.45) is 0 Å². The normalized spacial score (nSPS) is 12.7. The van der Waals surface area contributed by atoms with Crippen LogP contribution in [0, 0.1) is 0 Å². The van der Waals surface area contributed by atoms with Gasteiger partial charge in [-0.05, 0) is 31.2 Å². The molecule has 0 aromatic heterocycles. The minimum absolute atomic E-state index is 0.326. The molecule has 0 saturated heterocycles. The SMILES string of the molecule is CC(Oc1ccc(Br)cc1/C=C/F)C(=O)O. The Hall–Kier alpha value is -1.36. The zero-order chi connectivity index (χ0) is 12.1. The van der Waals surface area contributed by atoms with Crippen LogP contribution in [0.1, 0.15) is 12.5 Å². The monoisotopic (exact) mass is 288 g/mol. The third-order valence-corrected chi connectivity index (χ3v) is 2.36. The maximum absolute atomic E-state index is 12.1. The zero-order valence-electron chi connectivity index (χ0n) is 8.48. The standard InChI is InChI=1S/C11H10BrFO3/c1-7(11(14)15)16-10-3-2-9(12)6-8(10)4-5-13/h2-7H,1H3,(H,14,15)/b5-4+. The third kappa shape index (κ3) is 3.34. The van der Waals surface area contributed by atoms with Crippen LogP contribution in [0.25, 0.3) is 6.08 Å². The van der Waals surface area contributed by atoms with E-state index in [9.17, 15) is 9.18 Å². The second kappa shape index (κ2) is 5.65. The molecule has 0 bridgehead atoms. The molecule has 0 amide bonds. The Kier molecular flexibility index (Phi) is 4.49. The zero-order valence-corrected chi connectivity index (χ0v) is 10.1. The average molecular weight is 289 g/mol. The molecule has 16 heavy (non-hydrogen) atoms. The van der Waals surface area contributed by atoms with Crippen molar-refractivity contribution in [2.45, 2.75) is 13.0 Å². The van der Waals surface area contributed by atoms with E-state index in [1.165, 1.54) is 13.0 Å². The Morgan fingerprint density at radius 2 is 2.31 bits per heavy atom. The maximum atomic E-state index is 12.1. The van der Waals surface area contributed by atoms with E-state index in [1.54, 1.807) is 18.2 Å². The molecule has 0 spiro atoms. The maximum Gasteiger partial charge on any atom is 0.344 e. The lowest BCUT2D eigenvalue weighted by Crippen LogP contribution is -2.23. The molecule has 0 aliphatic rings. The van der Waals surface area contributed by atoms with Crippen LogP contribution in [0.5, 0.6) is 5.75 Å². The third-order valence-electron chi connectivity index (χ3n) is 1.87. The largest absolute Gasteiger partial charge is 0.479 e. The summed E-state index contributed by atoms with van der Waals surface area (Å²) in [6.45, 7) is 1.41. The molecular formula is C11H10BrFO3. The number of carbonyl (C=O) groups is 1. The van der Waals surface area contributed by atoms with Gasteiger partial charge in [-0.1, -0.05) is 15.9 Å². The highest BCUT2D eigenvalue weighted by Gasteiger charge is 2.14. The number of hydrogen-bond acceptors (Lipinski definition) is 2. The van der Waals surface area contributed by atoms with Crippen molar-refractivity contribution in [3.05, 3.63) is 34.6 Å². The molecule has 1 rings (SSSR count). The minimum Gasteiger partial charge on any atom is -0.479 e. The lowest BCUT2D eigenvalue weighted by Gasteiger charge is -2.12. The van der Waals surface area contributed by atoms with Gasteiger partial charge in [0, 0.05) is 10.0 Å². The number of halogens is 2. The molecule has 1 unspecified atom stereocenters. The van der Waals surface area contributed by atoms with Gasteiger partial charge in [-0.3, -0.25) is 0 Å². The fourth-order valence-electron chi connectivity index (χ4n) is 1.07. The predicted octanol–water partition coefficient (Wildman–Crippen LogP) is 3.24. The van der Waals surface area contributed by atoms with Gasteiger partial charge in [0.25, 0.3) is 0 Å². The van der Waals surface area contributed by atoms with Gasteiger partial charge in [-0.15, -0.1) is 0 Å². The van der Waals surface area contributed by atoms with Crippen LogP contribution in [0.15, 0.2) is 29.0 Å². The van der Waals surface area contributed by atoms with Crippen LogP contribution < -0.4 is 4.74 Å². The van der Waals surface area contributed by atoms with Gasteiger partial charge in [0.15, 0.2) is 6.10 Å². The first kappa shape index (κ1) is 12.7. The lowest BCUT2D eigenvalue weighted by molar-refractivity contribution is -0.144. The van der Waals surface area contributed by atoms with Gasteiger partial charge in [-0.2, -0.15) is 0 Å². The first-order valence-corrected chi connectivity index (χ1v) is 5.29.